The third-order valence-electron chi connectivity index (χ3n) is 3.50. The van der Waals surface area contributed by atoms with Crippen LogP contribution in [0.4, 0.5) is 5.00 Å². The van der Waals surface area contributed by atoms with Crippen LogP contribution in [0.25, 0.3) is 0 Å². The molecule has 1 heterocycles. The first kappa shape index (κ1) is 20.0. The Morgan fingerprint density at radius 2 is 1.73 bits per heavy atom. The number of ether oxygens (including phenoxy) is 2. The van der Waals surface area contributed by atoms with E-state index >= 15 is 0 Å². The van der Waals surface area contributed by atoms with Gasteiger partial charge in [0.05, 0.1) is 19.8 Å². The number of thioether (sulfide) groups is 1. The average Bonchev–Trinajstić information content (AvgIpc) is 2.97. The summed E-state index contributed by atoms with van der Waals surface area (Å²) in [6, 6.07) is 9.76. The van der Waals surface area contributed by atoms with Crippen LogP contribution in [0, 0.1) is 6.92 Å². The molecule has 138 valence electrons. The number of rotatable bonds is 7. The van der Waals surface area contributed by atoms with Crippen molar-refractivity contribution in [2.24, 2.45) is 0 Å². The molecule has 1 amide bonds. The molecule has 0 aliphatic rings. The van der Waals surface area contributed by atoms with Crippen molar-refractivity contribution >= 4 is 45.9 Å². The van der Waals surface area contributed by atoms with Crippen LogP contribution in [0.2, 0.25) is 0 Å². The molecular formula is C18H19NO5S2. The van der Waals surface area contributed by atoms with Crippen molar-refractivity contribution in [1.82, 2.24) is 0 Å². The summed E-state index contributed by atoms with van der Waals surface area (Å²) >= 11 is 2.57. The molecule has 2 aromatic rings. The summed E-state index contributed by atoms with van der Waals surface area (Å²) < 4.78 is 9.49. The molecule has 8 heteroatoms. The fraction of sp³-hybridized carbons (Fsp3) is 0.278. The van der Waals surface area contributed by atoms with Gasteiger partial charge in [0.1, 0.15) is 9.88 Å². The zero-order valence-electron chi connectivity index (χ0n) is 14.7. The summed E-state index contributed by atoms with van der Waals surface area (Å²) in [5.41, 5.74) is 0.615. The lowest BCUT2D eigenvalue weighted by atomic mass is 10.1. The molecule has 6 nitrogen and oxygen atoms in total. The SMILES string of the molecule is COC(=O)c1sc(NC(=O)CCSc2ccccc2)c(C(=O)OC)c1C. The lowest BCUT2D eigenvalue weighted by Crippen LogP contribution is -2.14. The van der Waals surface area contributed by atoms with Crippen molar-refractivity contribution in [3.8, 4) is 0 Å². The van der Waals surface area contributed by atoms with Gasteiger partial charge in [0.15, 0.2) is 0 Å². The van der Waals surface area contributed by atoms with E-state index in [1.54, 1.807) is 18.7 Å². The minimum atomic E-state index is -0.608. The molecule has 0 aliphatic carbocycles. The van der Waals surface area contributed by atoms with Gasteiger partial charge in [0.25, 0.3) is 0 Å². The van der Waals surface area contributed by atoms with Gasteiger partial charge in [0.2, 0.25) is 5.91 Å². The average molecular weight is 393 g/mol. The maximum atomic E-state index is 12.2. The number of nitrogens with one attached hydrogen (secondary N) is 1. The molecular weight excluding hydrogens is 374 g/mol. The van der Waals surface area contributed by atoms with E-state index < -0.39 is 11.9 Å². The van der Waals surface area contributed by atoms with E-state index in [4.69, 9.17) is 9.47 Å². The molecule has 1 N–H and O–H groups in total. The Balaban J connectivity index is 2.08. The second-order valence-electron chi connectivity index (χ2n) is 5.20. The van der Waals surface area contributed by atoms with Gasteiger partial charge in [-0.15, -0.1) is 23.1 Å². The van der Waals surface area contributed by atoms with Gasteiger partial charge in [-0.2, -0.15) is 0 Å². The highest BCUT2D eigenvalue weighted by Crippen LogP contribution is 2.34. The molecule has 2 rings (SSSR count). The monoisotopic (exact) mass is 393 g/mol. The lowest BCUT2D eigenvalue weighted by molar-refractivity contribution is -0.115. The number of benzene rings is 1. The zero-order chi connectivity index (χ0) is 19.1. The van der Waals surface area contributed by atoms with Crippen molar-refractivity contribution < 1.29 is 23.9 Å². The van der Waals surface area contributed by atoms with Crippen LogP contribution < -0.4 is 5.32 Å². The molecule has 1 aromatic carbocycles. The molecule has 0 radical (unpaired) electrons. The Hall–Kier alpha value is -2.32. The van der Waals surface area contributed by atoms with Crippen molar-refractivity contribution in [2.45, 2.75) is 18.2 Å². The van der Waals surface area contributed by atoms with Crippen LogP contribution in [-0.4, -0.2) is 37.8 Å². The van der Waals surface area contributed by atoms with Crippen molar-refractivity contribution in [3.63, 3.8) is 0 Å². The molecule has 0 aliphatic heterocycles. The lowest BCUT2D eigenvalue weighted by Gasteiger charge is -2.06. The maximum Gasteiger partial charge on any atom is 0.348 e. The fourth-order valence-corrected chi connectivity index (χ4v) is 4.21. The van der Waals surface area contributed by atoms with E-state index in [9.17, 15) is 14.4 Å². The van der Waals surface area contributed by atoms with Crippen molar-refractivity contribution in [1.29, 1.82) is 0 Å². The normalized spacial score (nSPS) is 10.3. The first-order valence-corrected chi connectivity index (χ1v) is 9.55. The van der Waals surface area contributed by atoms with Gasteiger partial charge in [-0.05, 0) is 24.6 Å². The highest BCUT2D eigenvalue weighted by atomic mass is 32.2. The number of methoxy groups -OCH3 is 2. The second kappa shape index (κ2) is 9.40. The van der Waals surface area contributed by atoms with Crippen molar-refractivity contribution in [2.75, 3.05) is 25.3 Å². The van der Waals surface area contributed by atoms with Crippen LogP contribution in [0.15, 0.2) is 35.2 Å². The third kappa shape index (κ3) is 4.86. The molecule has 0 saturated heterocycles. The second-order valence-corrected chi connectivity index (χ2v) is 7.39. The smallest absolute Gasteiger partial charge is 0.348 e. The van der Waals surface area contributed by atoms with Crippen LogP contribution in [0.5, 0.6) is 0 Å². The number of esters is 2. The zero-order valence-corrected chi connectivity index (χ0v) is 16.3. The number of hydrogen-bond acceptors (Lipinski definition) is 7. The number of hydrogen-bond donors (Lipinski definition) is 1. The fourth-order valence-electron chi connectivity index (χ4n) is 2.20. The van der Waals surface area contributed by atoms with Gasteiger partial charge in [-0.3, -0.25) is 4.79 Å². The van der Waals surface area contributed by atoms with Crippen LogP contribution in [0.3, 0.4) is 0 Å². The molecule has 26 heavy (non-hydrogen) atoms. The highest BCUT2D eigenvalue weighted by Gasteiger charge is 2.26. The van der Waals surface area contributed by atoms with E-state index in [1.165, 1.54) is 14.2 Å². The molecule has 1 aromatic heterocycles. The molecule has 0 saturated carbocycles. The quantitative estimate of drug-likeness (QED) is 0.570. The predicted molar refractivity (Wildman–Crippen MR) is 102 cm³/mol. The van der Waals surface area contributed by atoms with Gasteiger partial charge in [-0.25, -0.2) is 9.59 Å². The number of carbonyl (C=O) groups excluding carboxylic acids is 3. The Kier molecular flexibility index (Phi) is 7.23. The van der Waals surface area contributed by atoms with E-state index in [0.29, 0.717) is 16.3 Å². The van der Waals surface area contributed by atoms with E-state index in [-0.39, 0.29) is 22.8 Å². The van der Waals surface area contributed by atoms with Gasteiger partial charge >= 0.3 is 11.9 Å². The number of thiophene rings is 1. The van der Waals surface area contributed by atoms with E-state index in [2.05, 4.69) is 5.32 Å². The predicted octanol–water partition coefficient (Wildman–Crippen LogP) is 3.75. The first-order valence-electron chi connectivity index (χ1n) is 7.75. The minimum absolute atomic E-state index is 0.182. The van der Waals surface area contributed by atoms with Gasteiger partial charge in [-0.1, -0.05) is 18.2 Å². The summed E-state index contributed by atoms with van der Waals surface area (Å²) in [5.74, 6) is -0.811. The van der Waals surface area contributed by atoms with E-state index in [1.807, 2.05) is 30.3 Å². The Bertz CT molecular complexity index is 801. The maximum absolute atomic E-state index is 12.2. The molecule has 0 bridgehead atoms. The number of anilines is 1. The van der Waals surface area contributed by atoms with E-state index in [0.717, 1.165) is 16.2 Å². The first-order chi connectivity index (χ1) is 12.5. The van der Waals surface area contributed by atoms with Crippen LogP contribution >= 0.6 is 23.1 Å². The number of carbonyl (C=O) groups is 3. The van der Waals surface area contributed by atoms with Gasteiger partial charge < -0.3 is 14.8 Å². The molecule has 0 fully saturated rings. The summed E-state index contributed by atoms with van der Waals surface area (Å²) in [6.07, 6.45) is 0.269. The highest BCUT2D eigenvalue weighted by molar-refractivity contribution is 7.99. The molecule has 0 unspecified atom stereocenters. The summed E-state index contributed by atoms with van der Waals surface area (Å²) in [4.78, 5) is 37.5. The standard InChI is InChI=1S/C18H19NO5S2/c1-11-14(17(21)23-2)16(26-15(11)18(22)24-3)19-13(20)9-10-25-12-7-5-4-6-8-12/h4-8H,9-10H2,1-3H3,(H,19,20). The Morgan fingerprint density at radius 3 is 2.35 bits per heavy atom. The van der Waals surface area contributed by atoms with Crippen molar-refractivity contribution in [3.05, 3.63) is 46.3 Å². The third-order valence-corrected chi connectivity index (χ3v) is 5.70. The molecule has 0 atom stereocenters. The van der Waals surface area contributed by atoms with Crippen LogP contribution in [-0.2, 0) is 14.3 Å². The van der Waals surface area contributed by atoms with Crippen LogP contribution in [0.1, 0.15) is 32.0 Å². The summed E-state index contributed by atoms with van der Waals surface area (Å²) in [5, 5.41) is 3.01. The Morgan fingerprint density at radius 1 is 1.08 bits per heavy atom. The molecule has 0 spiro atoms. The largest absolute Gasteiger partial charge is 0.465 e. The van der Waals surface area contributed by atoms with Gasteiger partial charge in [0, 0.05) is 17.1 Å². The summed E-state index contributed by atoms with van der Waals surface area (Å²) in [6.45, 7) is 1.62. The summed E-state index contributed by atoms with van der Waals surface area (Å²) in [7, 11) is 2.51. The number of amides is 1. The Labute approximate surface area is 159 Å². The minimum Gasteiger partial charge on any atom is -0.465 e. The topological polar surface area (TPSA) is 81.7 Å².